The van der Waals surface area contributed by atoms with E-state index in [0.29, 0.717) is 6.04 Å². The second kappa shape index (κ2) is 6.53. The van der Waals surface area contributed by atoms with Gasteiger partial charge in [-0.3, -0.25) is 4.90 Å². The Bertz CT molecular complexity index is 362. The van der Waals surface area contributed by atoms with Crippen LogP contribution < -0.4 is 5.73 Å². The number of nitrogens with zero attached hydrogens (tertiary/aromatic N) is 2. The van der Waals surface area contributed by atoms with Crippen LogP contribution in [0.15, 0.2) is 30.3 Å². The highest BCUT2D eigenvalue weighted by molar-refractivity contribution is 5.25. The summed E-state index contributed by atoms with van der Waals surface area (Å²) in [6, 6.07) is 11.2. The third kappa shape index (κ3) is 2.90. The van der Waals surface area contributed by atoms with Gasteiger partial charge in [0.1, 0.15) is 0 Å². The Morgan fingerprint density at radius 3 is 2.11 bits per heavy atom. The Morgan fingerprint density at radius 1 is 1.17 bits per heavy atom. The standard InChI is InChI=1S/C14H22N2.CHN/c1-16(2)14(10-8-13(15)9-11-14)12-6-4-3-5-7-12;1-2/h3-7,13H,8-11,15H2,1-2H3;1H. The molecule has 0 heterocycles. The Morgan fingerprint density at radius 2 is 1.67 bits per heavy atom. The average molecular weight is 245 g/mol. The SMILES string of the molecule is C#N.CN(C)C1(c2ccccc2)CCC(N)CC1. The van der Waals surface area contributed by atoms with Crippen LogP contribution in [0.3, 0.4) is 0 Å². The molecule has 1 aliphatic carbocycles. The first-order valence-corrected chi connectivity index (χ1v) is 6.39. The first kappa shape index (κ1) is 14.7. The van der Waals surface area contributed by atoms with Crippen molar-refractivity contribution in [2.24, 2.45) is 5.73 Å². The lowest BCUT2D eigenvalue weighted by atomic mass is 9.74. The van der Waals surface area contributed by atoms with E-state index in [2.05, 4.69) is 55.9 Å². The van der Waals surface area contributed by atoms with Gasteiger partial charge in [-0.15, -0.1) is 0 Å². The molecular formula is C15H23N3. The van der Waals surface area contributed by atoms with Crippen LogP contribution >= 0.6 is 0 Å². The predicted molar refractivity (Wildman–Crippen MR) is 74.9 cm³/mol. The quantitative estimate of drug-likeness (QED) is 0.871. The van der Waals surface area contributed by atoms with Crippen LogP contribution in [0, 0.1) is 11.8 Å². The Labute approximate surface area is 110 Å². The second-order valence-electron chi connectivity index (χ2n) is 5.13. The zero-order chi connectivity index (χ0) is 13.6. The molecule has 2 N–H and O–H groups in total. The minimum atomic E-state index is 0.205. The molecule has 1 aromatic carbocycles. The number of nitrogens with two attached hydrogens (primary N) is 1. The number of benzene rings is 1. The molecular weight excluding hydrogens is 222 g/mol. The van der Waals surface area contributed by atoms with E-state index in [1.54, 1.807) is 0 Å². The Balaban J connectivity index is 0.000000771. The average Bonchev–Trinajstić information content (AvgIpc) is 2.43. The van der Waals surface area contributed by atoms with Crippen molar-refractivity contribution in [2.75, 3.05) is 14.1 Å². The molecule has 1 aliphatic rings. The maximum absolute atomic E-state index is 6.50. The Hall–Kier alpha value is -1.37. The molecule has 0 aliphatic heterocycles. The first-order chi connectivity index (χ1) is 8.65. The third-order valence-corrected chi connectivity index (χ3v) is 4.02. The number of hydrogen-bond donors (Lipinski definition) is 1. The zero-order valence-corrected chi connectivity index (χ0v) is 11.3. The highest BCUT2D eigenvalue weighted by Crippen LogP contribution is 2.40. The van der Waals surface area contributed by atoms with E-state index >= 15 is 0 Å². The molecule has 0 aromatic heterocycles. The van der Waals surface area contributed by atoms with E-state index in [-0.39, 0.29) is 5.54 Å². The summed E-state index contributed by atoms with van der Waals surface area (Å²) in [5, 5.41) is 6.50. The summed E-state index contributed by atoms with van der Waals surface area (Å²) in [6.45, 7) is 3.50. The molecule has 0 unspecified atom stereocenters. The summed E-state index contributed by atoms with van der Waals surface area (Å²) in [5.41, 5.74) is 7.66. The van der Waals surface area contributed by atoms with Gasteiger partial charge in [0.2, 0.25) is 0 Å². The number of nitriles is 1. The topological polar surface area (TPSA) is 53.0 Å². The highest BCUT2D eigenvalue weighted by Gasteiger charge is 2.37. The van der Waals surface area contributed by atoms with Gasteiger partial charge < -0.3 is 5.73 Å². The van der Waals surface area contributed by atoms with Crippen molar-refractivity contribution in [3.63, 3.8) is 0 Å². The van der Waals surface area contributed by atoms with Crippen LogP contribution in [-0.2, 0) is 5.54 Å². The van der Waals surface area contributed by atoms with Gasteiger partial charge in [-0.1, -0.05) is 30.3 Å². The fraction of sp³-hybridized carbons (Fsp3) is 0.533. The second-order valence-corrected chi connectivity index (χ2v) is 5.13. The van der Waals surface area contributed by atoms with Gasteiger partial charge in [0.05, 0.1) is 0 Å². The van der Waals surface area contributed by atoms with E-state index < -0.39 is 0 Å². The molecule has 0 bridgehead atoms. The fourth-order valence-corrected chi connectivity index (χ4v) is 2.86. The van der Waals surface area contributed by atoms with Crippen molar-refractivity contribution in [3.8, 4) is 6.57 Å². The van der Waals surface area contributed by atoms with Crippen molar-refractivity contribution in [1.82, 2.24) is 4.90 Å². The molecule has 98 valence electrons. The van der Waals surface area contributed by atoms with Crippen molar-refractivity contribution in [3.05, 3.63) is 35.9 Å². The van der Waals surface area contributed by atoms with Crippen LogP contribution in [0.2, 0.25) is 0 Å². The van der Waals surface area contributed by atoms with Gasteiger partial charge in [0.25, 0.3) is 0 Å². The smallest absolute Gasteiger partial charge is 0.0462 e. The summed E-state index contributed by atoms with van der Waals surface area (Å²) in [4.78, 5) is 2.37. The first-order valence-electron chi connectivity index (χ1n) is 6.39. The largest absolute Gasteiger partial charge is 0.328 e. The predicted octanol–water partition coefficient (Wildman–Crippen LogP) is 2.48. The van der Waals surface area contributed by atoms with E-state index in [9.17, 15) is 0 Å². The minimum absolute atomic E-state index is 0.205. The van der Waals surface area contributed by atoms with E-state index in [0.717, 1.165) is 12.8 Å². The van der Waals surface area contributed by atoms with Gasteiger partial charge in [0.15, 0.2) is 0 Å². The Kier molecular flexibility index (Phi) is 5.33. The molecule has 1 aromatic rings. The molecule has 1 saturated carbocycles. The molecule has 0 atom stereocenters. The fourth-order valence-electron chi connectivity index (χ4n) is 2.86. The zero-order valence-electron chi connectivity index (χ0n) is 11.3. The summed E-state index contributed by atoms with van der Waals surface area (Å²) < 4.78 is 0. The number of hydrogen-bond acceptors (Lipinski definition) is 3. The van der Waals surface area contributed by atoms with Crippen molar-refractivity contribution in [2.45, 2.75) is 37.3 Å². The molecule has 1 fully saturated rings. The number of rotatable bonds is 2. The monoisotopic (exact) mass is 245 g/mol. The summed E-state index contributed by atoms with van der Waals surface area (Å²) in [6.07, 6.45) is 4.61. The van der Waals surface area contributed by atoms with Crippen molar-refractivity contribution < 1.29 is 0 Å². The summed E-state index contributed by atoms with van der Waals surface area (Å²) >= 11 is 0. The molecule has 18 heavy (non-hydrogen) atoms. The van der Waals surface area contributed by atoms with Crippen molar-refractivity contribution >= 4 is 0 Å². The maximum atomic E-state index is 6.50. The highest BCUT2D eigenvalue weighted by atomic mass is 15.1. The van der Waals surface area contributed by atoms with Crippen molar-refractivity contribution in [1.29, 1.82) is 5.26 Å². The lowest BCUT2D eigenvalue weighted by Gasteiger charge is -2.45. The van der Waals surface area contributed by atoms with Crippen LogP contribution in [0.1, 0.15) is 31.2 Å². The summed E-state index contributed by atoms with van der Waals surface area (Å²) in [7, 11) is 4.37. The molecule has 0 saturated heterocycles. The van der Waals surface area contributed by atoms with Gasteiger partial charge in [-0.25, -0.2) is 5.26 Å². The molecule has 0 radical (unpaired) electrons. The van der Waals surface area contributed by atoms with Gasteiger partial charge in [0, 0.05) is 18.2 Å². The molecule has 3 nitrogen and oxygen atoms in total. The molecule has 3 heteroatoms. The van der Waals surface area contributed by atoms with Crippen LogP contribution in [0.4, 0.5) is 0 Å². The molecule has 2 rings (SSSR count). The summed E-state index contributed by atoms with van der Waals surface area (Å²) in [5.74, 6) is 0. The molecule has 0 amide bonds. The van der Waals surface area contributed by atoms with Crippen LogP contribution in [0.5, 0.6) is 0 Å². The lowest BCUT2D eigenvalue weighted by molar-refractivity contribution is 0.0918. The van der Waals surface area contributed by atoms with Gasteiger partial charge in [-0.05, 0) is 45.3 Å². The lowest BCUT2D eigenvalue weighted by Crippen LogP contribution is -2.46. The van der Waals surface area contributed by atoms with E-state index in [1.165, 1.54) is 18.4 Å². The normalized spacial score (nSPS) is 27.3. The molecule has 0 spiro atoms. The maximum Gasteiger partial charge on any atom is 0.0462 e. The minimum Gasteiger partial charge on any atom is -0.328 e. The van der Waals surface area contributed by atoms with Gasteiger partial charge in [-0.2, -0.15) is 0 Å². The van der Waals surface area contributed by atoms with E-state index in [4.69, 9.17) is 11.0 Å². The van der Waals surface area contributed by atoms with E-state index in [1.807, 2.05) is 0 Å². The third-order valence-electron chi connectivity index (χ3n) is 4.02. The van der Waals surface area contributed by atoms with Gasteiger partial charge >= 0.3 is 0 Å². The van der Waals surface area contributed by atoms with Crippen LogP contribution in [0.25, 0.3) is 0 Å². The van der Waals surface area contributed by atoms with Crippen LogP contribution in [-0.4, -0.2) is 25.0 Å².